The molecular formula is C14H20ClNO. The van der Waals surface area contributed by atoms with Crippen molar-refractivity contribution in [3.05, 3.63) is 34.9 Å². The van der Waals surface area contributed by atoms with Crippen molar-refractivity contribution < 1.29 is 4.74 Å². The minimum atomic E-state index is 0.629. The van der Waals surface area contributed by atoms with Gasteiger partial charge in [0.15, 0.2) is 0 Å². The Morgan fingerprint density at radius 1 is 1.47 bits per heavy atom. The molecule has 0 aliphatic rings. The molecule has 1 rings (SSSR count). The number of hydrogen-bond acceptors (Lipinski definition) is 2. The smallest absolute Gasteiger partial charge is 0.137 e. The van der Waals surface area contributed by atoms with Crippen LogP contribution in [0.3, 0.4) is 0 Å². The van der Waals surface area contributed by atoms with Crippen molar-refractivity contribution in [3.63, 3.8) is 0 Å². The van der Waals surface area contributed by atoms with Gasteiger partial charge in [-0.25, -0.2) is 0 Å². The van der Waals surface area contributed by atoms with Gasteiger partial charge in [-0.2, -0.15) is 0 Å². The fourth-order valence-corrected chi connectivity index (χ4v) is 1.81. The van der Waals surface area contributed by atoms with E-state index in [4.69, 9.17) is 22.1 Å². The second-order valence-corrected chi connectivity index (χ2v) is 4.30. The molecule has 94 valence electrons. The normalized spacial score (nSPS) is 11.6. The van der Waals surface area contributed by atoms with Gasteiger partial charge in [0.25, 0.3) is 0 Å². The van der Waals surface area contributed by atoms with Gasteiger partial charge in [0.1, 0.15) is 5.75 Å². The molecule has 0 heterocycles. The van der Waals surface area contributed by atoms with Gasteiger partial charge in [-0.1, -0.05) is 23.7 Å². The molecule has 1 aromatic rings. The molecule has 0 fully saturated rings. The molecule has 0 saturated carbocycles. The Labute approximate surface area is 108 Å². The zero-order chi connectivity index (χ0) is 12.7. The number of ether oxygens (including phenoxy) is 1. The molecule has 0 bridgehead atoms. The maximum absolute atomic E-state index is 6.14. The third kappa shape index (κ3) is 4.41. The summed E-state index contributed by atoms with van der Waals surface area (Å²) in [4.78, 5) is 0. The third-order valence-corrected chi connectivity index (χ3v) is 2.84. The van der Waals surface area contributed by atoms with Crippen LogP contribution in [0.2, 0.25) is 5.02 Å². The highest BCUT2D eigenvalue weighted by atomic mass is 35.5. The molecule has 0 radical (unpaired) electrons. The van der Waals surface area contributed by atoms with E-state index in [0.29, 0.717) is 11.6 Å². The van der Waals surface area contributed by atoms with E-state index in [1.165, 1.54) is 5.57 Å². The van der Waals surface area contributed by atoms with Crippen LogP contribution in [-0.2, 0) is 0 Å². The Bertz CT molecular complexity index is 388. The van der Waals surface area contributed by atoms with Crippen LogP contribution in [0.15, 0.2) is 24.3 Å². The SMILES string of the molecule is CCOc1ccc(/C(C)=C/CCCN)cc1Cl. The molecule has 3 heteroatoms. The van der Waals surface area contributed by atoms with Crippen LogP contribution < -0.4 is 10.5 Å². The summed E-state index contributed by atoms with van der Waals surface area (Å²) in [6, 6.07) is 5.90. The second-order valence-electron chi connectivity index (χ2n) is 3.90. The van der Waals surface area contributed by atoms with Crippen molar-refractivity contribution >= 4 is 17.2 Å². The maximum atomic E-state index is 6.14. The average molecular weight is 254 g/mol. The highest BCUT2D eigenvalue weighted by Crippen LogP contribution is 2.28. The predicted octanol–water partition coefficient (Wildman–Crippen LogP) is 3.88. The summed E-state index contributed by atoms with van der Waals surface area (Å²) < 4.78 is 5.40. The molecule has 0 unspecified atom stereocenters. The number of rotatable bonds is 6. The van der Waals surface area contributed by atoms with Crippen LogP contribution in [-0.4, -0.2) is 13.2 Å². The summed E-state index contributed by atoms with van der Waals surface area (Å²) in [7, 11) is 0. The van der Waals surface area contributed by atoms with Crippen molar-refractivity contribution in [2.75, 3.05) is 13.2 Å². The van der Waals surface area contributed by atoms with E-state index in [1.807, 2.05) is 25.1 Å². The Morgan fingerprint density at radius 3 is 2.82 bits per heavy atom. The van der Waals surface area contributed by atoms with Gasteiger partial charge in [0.05, 0.1) is 11.6 Å². The first-order valence-corrected chi connectivity index (χ1v) is 6.36. The molecule has 0 spiro atoms. The van der Waals surface area contributed by atoms with Crippen LogP contribution in [0.25, 0.3) is 5.57 Å². The lowest BCUT2D eigenvalue weighted by Crippen LogP contribution is -1.96. The molecule has 0 saturated heterocycles. The topological polar surface area (TPSA) is 35.2 Å². The molecule has 0 atom stereocenters. The lowest BCUT2D eigenvalue weighted by atomic mass is 10.1. The average Bonchev–Trinajstić information content (AvgIpc) is 2.32. The molecule has 0 aliphatic carbocycles. The van der Waals surface area contributed by atoms with Gasteiger partial charge in [-0.3, -0.25) is 0 Å². The van der Waals surface area contributed by atoms with E-state index in [1.54, 1.807) is 0 Å². The third-order valence-electron chi connectivity index (χ3n) is 2.55. The van der Waals surface area contributed by atoms with E-state index >= 15 is 0 Å². The van der Waals surface area contributed by atoms with Crippen LogP contribution >= 0.6 is 11.6 Å². The van der Waals surface area contributed by atoms with Crippen molar-refractivity contribution in [3.8, 4) is 5.75 Å². The highest BCUT2D eigenvalue weighted by molar-refractivity contribution is 6.32. The fourth-order valence-electron chi connectivity index (χ4n) is 1.57. The van der Waals surface area contributed by atoms with Gasteiger partial charge in [-0.15, -0.1) is 0 Å². The van der Waals surface area contributed by atoms with E-state index < -0.39 is 0 Å². The Balaban J connectivity index is 2.78. The van der Waals surface area contributed by atoms with Gasteiger partial charge in [0.2, 0.25) is 0 Å². The van der Waals surface area contributed by atoms with Crippen molar-refractivity contribution in [2.24, 2.45) is 5.73 Å². The van der Waals surface area contributed by atoms with Gasteiger partial charge in [0, 0.05) is 0 Å². The van der Waals surface area contributed by atoms with Crippen molar-refractivity contribution in [2.45, 2.75) is 26.7 Å². The molecule has 2 N–H and O–H groups in total. The Kier molecular flexibility index (Phi) is 6.09. The molecular weight excluding hydrogens is 234 g/mol. The van der Waals surface area contributed by atoms with E-state index in [0.717, 1.165) is 30.7 Å². The van der Waals surface area contributed by atoms with Gasteiger partial charge in [-0.05, 0) is 56.5 Å². The minimum absolute atomic E-state index is 0.629. The number of hydrogen-bond donors (Lipinski definition) is 1. The molecule has 17 heavy (non-hydrogen) atoms. The number of allylic oxidation sites excluding steroid dienone is 2. The molecule has 1 aromatic carbocycles. The zero-order valence-corrected chi connectivity index (χ0v) is 11.3. The van der Waals surface area contributed by atoms with Gasteiger partial charge >= 0.3 is 0 Å². The van der Waals surface area contributed by atoms with Gasteiger partial charge < -0.3 is 10.5 Å². The highest BCUT2D eigenvalue weighted by Gasteiger charge is 2.03. The number of halogens is 1. The monoisotopic (exact) mass is 253 g/mol. The second kappa shape index (κ2) is 7.36. The maximum Gasteiger partial charge on any atom is 0.137 e. The fraction of sp³-hybridized carbons (Fsp3) is 0.429. The first-order chi connectivity index (χ1) is 8.19. The summed E-state index contributed by atoms with van der Waals surface area (Å²) >= 11 is 6.14. The van der Waals surface area contributed by atoms with Crippen molar-refractivity contribution in [1.29, 1.82) is 0 Å². The summed E-state index contributed by atoms with van der Waals surface area (Å²) in [5.41, 5.74) is 7.82. The van der Waals surface area contributed by atoms with Crippen LogP contribution in [0.4, 0.5) is 0 Å². The lowest BCUT2D eigenvalue weighted by Gasteiger charge is -2.08. The lowest BCUT2D eigenvalue weighted by molar-refractivity contribution is 0.340. The first-order valence-electron chi connectivity index (χ1n) is 5.98. The number of benzene rings is 1. The molecule has 0 aliphatic heterocycles. The van der Waals surface area contributed by atoms with Crippen LogP contribution in [0, 0.1) is 0 Å². The molecule has 0 aromatic heterocycles. The van der Waals surface area contributed by atoms with E-state index in [2.05, 4.69) is 13.0 Å². The number of unbranched alkanes of at least 4 members (excludes halogenated alkanes) is 1. The van der Waals surface area contributed by atoms with E-state index in [-0.39, 0.29) is 0 Å². The van der Waals surface area contributed by atoms with E-state index in [9.17, 15) is 0 Å². The summed E-state index contributed by atoms with van der Waals surface area (Å²) in [5.74, 6) is 0.743. The minimum Gasteiger partial charge on any atom is -0.492 e. The quantitative estimate of drug-likeness (QED) is 0.781. The zero-order valence-electron chi connectivity index (χ0n) is 10.5. The number of nitrogens with two attached hydrogens (primary N) is 1. The molecule has 2 nitrogen and oxygen atoms in total. The molecule has 0 amide bonds. The van der Waals surface area contributed by atoms with Crippen molar-refractivity contribution in [1.82, 2.24) is 0 Å². The van der Waals surface area contributed by atoms with Crippen LogP contribution in [0.1, 0.15) is 32.3 Å². The first kappa shape index (κ1) is 14.1. The predicted molar refractivity (Wildman–Crippen MR) is 74.6 cm³/mol. The largest absolute Gasteiger partial charge is 0.492 e. The summed E-state index contributed by atoms with van der Waals surface area (Å²) in [5, 5.41) is 0.663. The standard InChI is InChI=1S/C14H20ClNO/c1-3-17-14-8-7-12(10-13(14)15)11(2)6-4-5-9-16/h6-8,10H,3-5,9,16H2,1-2H3/b11-6+. The Morgan fingerprint density at radius 2 is 2.24 bits per heavy atom. The summed E-state index contributed by atoms with van der Waals surface area (Å²) in [6.07, 6.45) is 4.22. The van der Waals surface area contributed by atoms with Crippen LogP contribution in [0.5, 0.6) is 5.75 Å². The Hall–Kier alpha value is -0.990. The summed E-state index contributed by atoms with van der Waals surface area (Å²) in [6.45, 7) is 5.39.